The van der Waals surface area contributed by atoms with Crippen LogP contribution in [0, 0.1) is 10.1 Å². The summed E-state index contributed by atoms with van der Waals surface area (Å²) in [6, 6.07) is 8.78. The zero-order valence-electron chi connectivity index (χ0n) is 16.1. The highest BCUT2D eigenvalue weighted by Gasteiger charge is 2.23. The minimum atomic E-state index is -0.580. The summed E-state index contributed by atoms with van der Waals surface area (Å²) in [5, 5.41) is 13.5. The molecule has 0 atom stereocenters. The van der Waals surface area contributed by atoms with Gasteiger partial charge in [-0.1, -0.05) is 11.6 Å². The first kappa shape index (κ1) is 20.6. The molecule has 0 unspecified atom stereocenters. The molecule has 9 heteroatoms. The number of carbonyl (C=O) groups excluding carboxylic acids is 2. The predicted octanol–water partition coefficient (Wildman–Crippen LogP) is 3.80. The summed E-state index contributed by atoms with van der Waals surface area (Å²) in [4.78, 5) is 39.4. The normalized spacial score (nSPS) is 13.3. The lowest BCUT2D eigenvalue weighted by Gasteiger charge is -2.22. The van der Waals surface area contributed by atoms with Gasteiger partial charge in [0.15, 0.2) is 0 Å². The Balaban J connectivity index is 1.87. The minimum Gasteiger partial charge on any atom is -0.377 e. The number of benzene rings is 2. The highest BCUT2D eigenvalue weighted by molar-refractivity contribution is 6.34. The molecule has 8 nitrogen and oxygen atoms in total. The fourth-order valence-electron chi connectivity index (χ4n) is 3.27. The molecule has 1 heterocycles. The van der Waals surface area contributed by atoms with Gasteiger partial charge in [-0.2, -0.15) is 0 Å². The molecule has 1 N–H and O–H groups in total. The van der Waals surface area contributed by atoms with Crippen LogP contribution in [0.2, 0.25) is 5.02 Å². The van der Waals surface area contributed by atoms with Gasteiger partial charge in [-0.3, -0.25) is 19.7 Å². The fourth-order valence-corrected chi connectivity index (χ4v) is 3.53. The number of carbonyl (C=O) groups is 2. The van der Waals surface area contributed by atoms with Crippen LogP contribution in [0.5, 0.6) is 0 Å². The Hall–Kier alpha value is -3.13. The fraction of sp³-hybridized carbons (Fsp3) is 0.300. The summed E-state index contributed by atoms with van der Waals surface area (Å²) in [6.07, 6.45) is 1.97. The lowest BCUT2D eigenvalue weighted by molar-refractivity contribution is -0.384. The van der Waals surface area contributed by atoms with E-state index in [1.54, 1.807) is 23.1 Å². The molecule has 152 valence electrons. The van der Waals surface area contributed by atoms with Crippen molar-refractivity contribution in [3.05, 3.63) is 62.7 Å². The Kier molecular flexibility index (Phi) is 6.03. The van der Waals surface area contributed by atoms with Gasteiger partial charge in [0.05, 0.1) is 21.1 Å². The zero-order chi connectivity index (χ0) is 21.1. The number of hydrogen-bond donors (Lipinski definition) is 1. The number of nitrogens with zero attached hydrogens (tertiary/aromatic N) is 3. The van der Waals surface area contributed by atoms with Gasteiger partial charge in [-0.25, -0.2) is 0 Å². The third-order valence-electron chi connectivity index (χ3n) is 4.77. The number of amides is 2. The van der Waals surface area contributed by atoms with E-state index in [1.807, 2.05) is 19.0 Å². The highest BCUT2D eigenvalue weighted by atomic mass is 35.5. The molecule has 0 aliphatic carbocycles. The van der Waals surface area contributed by atoms with E-state index in [2.05, 4.69) is 5.32 Å². The molecule has 1 fully saturated rings. The Morgan fingerprint density at radius 1 is 1.10 bits per heavy atom. The molecule has 1 saturated heterocycles. The molecular weight excluding hydrogens is 396 g/mol. The van der Waals surface area contributed by atoms with Crippen LogP contribution in [0.25, 0.3) is 0 Å². The lowest BCUT2D eigenvalue weighted by Crippen LogP contribution is -2.29. The monoisotopic (exact) mass is 416 g/mol. The van der Waals surface area contributed by atoms with Crippen LogP contribution in [-0.2, 0) is 0 Å². The topological polar surface area (TPSA) is 95.8 Å². The van der Waals surface area contributed by atoms with E-state index < -0.39 is 10.8 Å². The van der Waals surface area contributed by atoms with Gasteiger partial charge in [0.1, 0.15) is 0 Å². The van der Waals surface area contributed by atoms with Crippen molar-refractivity contribution in [3.63, 3.8) is 0 Å². The molecule has 0 saturated carbocycles. The van der Waals surface area contributed by atoms with Gasteiger partial charge in [0.25, 0.3) is 17.5 Å². The number of hydrogen-bond acceptors (Lipinski definition) is 5. The summed E-state index contributed by atoms with van der Waals surface area (Å²) >= 11 is 6.04. The summed E-state index contributed by atoms with van der Waals surface area (Å²) < 4.78 is 0. The van der Waals surface area contributed by atoms with Crippen LogP contribution >= 0.6 is 11.6 Å². The third kappa shape index (κ3) is 4.48. The number of non-ortho nitro benzene ring substituents is 1. The number of likely N-dealkylation sites (tertiary alicyclic amines) is 1. The van der Waals surface area contributed by atoms with Crippen molar-refractivity contribution in [1.29, 1.82) is 0 Å². The van der Waals surface area contributed by atoms with Gasteiger partial charge in [-0.05, 0) is 37.1 Å². The molecule has 0 radical (unpaired) electrons. The molecule has 3 rings (SSSR count). The first-order chi connectivity index (χ1) is 13.8. The van der Waals surface area contributed by atoms with Gasteiger partial charge in [0, 0.05) is 50.7 Å². The van der Waals surface area contributed by atoms with Gasteiger partial charge < -0.3 is 15.1 Å². The average molecular weight is 417 g/mol. The van der Waals surface area contributed by atoms with Crippen molar-refractivity contribution in [2.24, 2.45) is 0 Å². The molecule has 2 amide bonds. The number of halogens is 1. The number of nitro groups is 1. The Bertz CT molecular complexity index is 971. The second-order valence-corrected chi connectivity index (χ2v) is 7.41. The largest absolute Gasteiger partial charge is 0.377 e. The molecular formula is C20H21ClN4O4. The van der Waals surface area contributed by atoms with Crippen molar-refractivity contribution in [2.75, 3.05) is 37.4 Å². The molecule has 0 spiro atoms. The summed E-state index contributed by atoms with van der Waals surface area (Å²) in [5.41, 5.74) is 1.62. The molecule has 1 aliphatic rings. The number of rotatable bonds is 5. The Morgan fingerprint density at radius 2 is 1.79 bits per heavy atom. The Labute approximate surface area is 173 Å². The van der Waals surface area contributed by atoms with Crippen molar-refractivity contribution >= 4 is 40.5 Å². The highest BCUT2D eigenvalue weighted by Crippen LogP contribution is 2.27. The van der Waals surface area contributed by atoms with E-state index in [-0.39, 0.29) is 22.2 Å². The van der Waals surface area contributed by atoms with E-state index in [0.29, 0.717) is 11.3 Å². The summed E-state index contributed by atoms with van der Waals surface area (Å²) in [6.45, 7) is 1.45. The van der Waals surface area contributed by atoms with Crippen LogP contribution in [0.4, 0.5) is 17.1 Å². The van der Waals surface area contributed by atoms with E-state index in [4.69, 9.17) is 11.6 Å². The first-order valence-electron chi connectivity index (χ1n) is 9.14. The second-order valence-electron chi connectivity index (χ2n) is 7.00. The van der Waals surface area contributed by atoms with Crippen LogP contribution in [0.15, 0.2) is 36.4 Å². The maximum absolute atomic E-state index is 12.9. The maximum Gasteiger partial charge on any atom is 0.270 e. The zero-order valence-corrected chi connectivity index (χ0v) is 16.9. The predicted molar refractivity (Wildman–Crippen MR) is 112 cm³/mol. The first-order valence-corrected chi connectivity index (χ1v) is 9.51. The van der Waals surface area contributed by atoms with Gasteiger partial charge in [-0.15, -0.1) is 0 Å². The third-order valence-corrected chi connectivity index (χ3v) is 5.08. The summed E-state index contributed by atoms with van der Waals surface area (Å²) in [7, 11) is 3.70. The van der Waals surface area contributed by atoms with Crippen molar-refractivity contribution in [3.8, 4) is 0 Å². The molecule has 0 aromatic heterocycles. The molecule has 29 heavy (non-hydrogen) atoms. The number of nitrogens with one attached hydrogen (secondary N) is 1. The Morgan fingerprint density at radius 3 is 2.38 bits per heavy atom. The molecule has 1 aliphatic heterocycles. The number of nitro benzene ring substituents is 1. The van der Waals surface area contributed by atoms with E-state index in [0.717, 1.165) is 37.7 Å². The SMILES string of the molecule is CN(C)c1ccc(NC(=O)c2ccc([N+](=O)[O-])cc2Cl)cc1C(=O)N1CCCC1. The van der Waals surface area contributed by atoms with Crippen LogP contribution < -0.4 is 10.2 Å². The van der Waals surface area contributed by atoms with E-state index >= 15 is 0 Å². The molecule has 2 aromatic carbocycles. The van der Waals surface area contributed by atoms with Gasteiger partial charge in [0.2, 0.25) is 0 Å². The van der Waals surface area contributed by atoms with E-state index in [9.17, 15) is 19.7 Å². The molecule has 2 aromatic rings. The quantitative estimate of drug-likeness (QED) is 0.590. The van der Waals surface area contributed by atoms with Crippen LogP contribution in [-0.4, -0.2) is 48.8 Å². The van der Waals surface area contributed by atoms with Crippen LogP contribution in [0.1, 0.15) is 33.6 Å². The summed E-state index contributed by atoms with van der Waals surface area (Å²) in [5.74, 6) is -0.585. The average Bonchev–Trinajstić information content (AvgIpc) is 3.21. The number of anilines is 2. The molecule has 0 bridgehead atoms. The van der Waals surface area contributed by atoms with E-state index in [1.165, 1.54) is 12.1 Å². The minimum absolute atomic E-state index is 0.0185. The maximum atomic E-state index is 12.9. The lowest BCUT2D eigenvalue weighted by atomic mass is 10.1. The van der Waals surface area contributed by atoms with Crippen molar-refractivity contribution in [2.45, 2.75) is 12.8 Å². The van der Waals surface area contributed by atoms with Crippen LogP contribution in [0.3, 0.4) is 0 Å². The van der Waals surface area contributed by atoms with Crippen molar-refractivity contribution < 1.29 is 14.5 Å². The van der Waals surface area contributed by atoms with Gasteiger partial charge >= 0.3 is 0 Å². The second kappa shape index (κ2) is 8.48. The smallest absolute Gasteiger partial charge is 0.270 e. The van der Waals surface area contributed by atoms with Crippen molar-refractivity contribution in [1.82, 2.24) is 4.90 Å². The standard InChI is InChI=1S/C20H21ClN4O4/c1-23(2)18-8-5-13(11-16(18)20(27)24-9-3-4-10-24)22-19(26)15-7-6-14(25(28)29)12-17(15)21/h5-8,11-12H,3-4,9-10H2,1-2H3,(H,22,26).